The maximum Gasteiger partial charge on any atom is 0.134 e. The van der Waals surface area contributed by atoms with Crippen molar-refractivity contribution in [2.45, 2.75) is 57.9 Å². The lowest BCUT2D eigenvalue weighted by Crippen LogP contribution is -2.35. The van der Waals surface area contributed by atoms with Gasteiger partial charge in [0.25, 0.3) is 0 Å². The highest BCUT2D eigenvalue weighted by molar-refractivity contribution is 7.84. The average Bonchev–Trinajstić information content (AvgIpc) is 2.26. The Morgan fingerprint density at radius 1 is 1.25 bits per heavy atom. The van der Waals surface area contributed by atoms with Gasteiger partial charge in [0.2, 0.25) is 0 Å². The Hall–Kier alpha value is -0.780. The van der Waals surface area contributed by atoms with Gasteiger partial charge in [0.05, 0.1) is 21.3 Å². The zero-order valence-corrected chi connectivity index (χ0v) is 13.8. The monoisotopic (exact) mass is 301 g/mol. The average molecular weight is 301 g/mol. The van der Waals surface area contributed by atoms with Crippen molar-refractivity contribution in [2.75, 3.05) is 0 Å². The number of halogens is 1. The molecule has 0 aliphatic heterocycles. The summed E-state index contributed by atoms with van der Waals surface area (Å²) in [5, 5.41) is 9.97. The highest BCUT2D eigenvalue weighted by Crippen LogP contribution is 2.28. The Bertz CT molecular complexity index is 504. The molecule has 0 saturated heterocycles. The molecule has 0 saturated carbocycles. The number of rotatable bonds is 4. The molecule has 0 aliphatic rings. The van der Waals surface area contributed by atoms with Crippen molar-refractivity contribution < 1.29 is 13.7 Å². The van der Waals surface area contributed by atoms with Crippen LogP contribution in [0.5, 0.6) is 0 Å². The maximum absolute atomic E-state index is 14.5. The van der Waals surface area contributed by atoms with Crippen molar-refractivity contribution in [3.63, 3.8) is 0 Å². The van der Waals surface area contributed by atoms with Crippen molar-refractivity contribution in [2.24, 2.45) is 0 Å². The molecule has 1 unspecified atom stereocenters. The van der Waals surface area contributed by atoms with Gasteiger partial charge in [-0.25, -0.2) is 13.3 Å². The number of benzene rings is 1. The molecule has 20 heavy (non-hydrogen) atoms. The predicted octanol–water partition coefficient (Wildman–Crippen LogP) is 3.17. The van der Waals surface area contributed by atoms with Gasteiger partial charge in [-0.3, -0.25) is 0 Å². The van der Waals surface area contributed by atoms with Crippen molar-refractivity contribution in [1.29, 1.82) is 0 Å². The fourth-order valence-electron chi connectivity index (χ4n) is 1.76. The summed E-state index contributed by atoms with van der Waals surface area (Å²) in [6, 6.07) is 4.50. The maximum atomic E-state index is 14.5. The summed E-state index contributed by atoms with van der Waals surface area (Å²) < 4.78 is 29.0. The van der Waals surface area contributed by atoms with E-state index >= 15 is 0 Å². The largest absolute Gasteiger partial charge is 0.386 e. The fraction of sp³-hybridized carbons (Fsp3) is 0.600. The van der Waals surface area contributed by atoms with Crippen LogP contribution in [0.15, 0.2) is 18.2 Å². The van der Waals surface area contributed by atoms with Crippen LogP contribution in [0.25, 0.3) is 0 Å². The van der Waals surface area contributed by atoms with Gasteiger partial charge in [0.15, 0.2) is 0 Å². The van der Waals surface area contributed by atoms with Gasteiger partial charge >= 0.3 is 0 Å². The number of nitrogens with one attached hydrogen (secondary N) is 1. The molecular formula is C15H24FNO2S. The molecule has 1 rings (SSSR count). The first-order valence-corrected chi connectivity index (χ1v) is 7.79. The zero-order valence-electron chi connectivity index (χ0n) is 13.0. The number of aliphatic hydroxyl groups is 1. The first kappa shape index (κ1) is 17.3. The molecule has 5 heteroatoms. The van der Waals surface area contributed by atoms with E-state index in [0.717, 1.165) is 0 Å². The molecule has 0 spiro atoms. The summed E-state index contributed by atoms with van der Waals surface area (Å²) in [4.78, 5) is 0. The molecule has 3 nitrogen and oxygen atoms in total. The van der Waals surface area contributed by atoms with E-state index in [0.29, 0.717) is 5.56 Å². The van der Waals surface area contributed by atoms with E-state index in [9.17, 15) is 13.7 Å². The third-order valence-electron chi connectivity index (χ3n) is 2.99. The lowest BCUT2D eigenvalue weighted by atomic mass is 9.94. The summed E-state index contributed by atoms with van der Waals surface area (Å²) in [7, 11) is -1.28. The third kappa shape index (κ3) is 4.11. The smallest absolute Gasteiger partial charge is 0.134 e. The Labute approximate surface area is 123 Å². The van der Waals surface area contributed by atoms with E-state index in [1.807, 2.05) is 20.8 Å². The van der Waals surface area contributed by atoms with E-state index in [1.54, 1.807) is 39.0 Å². The number of hydrogen-bond donors (Lipinski definition) is 2. The molecule has 2 N–H and O–H groups in total. The summed E-state index contributed by atoms with van der Waals surface area (Å²) in [6.07, 6.45) is 0. The van der Waals surface area contributed by atoms with Crippen LogP contribution in [0.1, 0.15) is 58.7 Å². The normalized spacial score (nSPS) is 16.0. The van der Waals surface area contributed by atoms with Crippen LogP contribution in [0.3, 0.4) is 0 Å². The van der Waals surface area contributed by atoms with Crippen molar-refractivity contribution in [3.05, 3.63) is 35.1 Å². The second-order valence-electron chi connectivity index (χ2n) is 6.49. The molecule has 1 aromatic carbocycles. The molecule has 2 atom stereocenters. The molecule has 114 valence electrons. The highest BCUT2D eigenvalue weighted by atomic mass is 32.2. The quantitative estimate of drug-likeness (QED) is 0.897. The van der Waals surface area contributed by atoms with Crippen molar-refractivity contribution >= 4 is 11.0 Å². The summed E-state index contributed by atoms with van der Waals surface area (Å²) in [5.41, 5.74) is -0.601. The first-order chi connectivity index (χ1) is 8.94. The van der Waals surface area contributed by atoms with Gasteiger partial charge in [-0.05, 0) is 41.5 Å². The zero-order chi connectivity index (χ0) is 15.7. The lowest BCUT2D eigenvalue weighted by Gasteiger charge is -2.25. The lowest BCUT2D eigenvalue weighted by molar-refractivity contribution is 0.0743. The van der Waals surface area contributed by atoms with Crippen molar-refractivity contribution in [1.82, 2.24) is 4.72 Å². The van der Waals surface area contributed by atoms with Crippen LogP contribution < -0.4 is 4.72 Å². The minimum Gasteiger partial charge on any atom is -0.386 e. The van der Waals surface area contributed by atoms with Crippen LogP contribution in [0.4, 0.5) is 4.39 Å². The van der Waals surface area contributed by atoms with Crippen LogP contribution in [0.2, 0.25) is 0 Å². The summed E-state index contributed by atoms with van der Waals surface area (Å²) in [5.74, 6) is -0.453. The van der Waals surface area contributed by atoms with E-state index in [4.69, 9.17) is 0 Å². The standard InChI is InChI=1S/C15H24FNO2S/c1-10(17-20(19)14(2,3)4)11-8-7-9-12(13(11)16)15(5,6)18/h7-10,17-18H,1-6H3/t10?,20-/m1/s1. The Kier molecular flexibility index (Phi) is 5.11. The van der Waals surface area contributed by atoms with Gasteiger partial charge in [0, 0.05) is 17.2 Å². The third-order valence-corrected chi connectivity index (χ3v) is 4.67. The predicted molar refractivity (Wildman–Crippen MR) is 81.1 cm³/mol. The van der Waals surface area contributed by atoms with Crippen molar-refractivity contribution in [3.8, 4) is 0 Å². The molecule has 0 aromatic heterocycles. The van der Waals surface area contributed by atoms with Crippen LogP contribution in [-0.4, -0.2) is 14.1 Å². The second kappa shape index (κ2) is 5.92. The van der Waals surface area contributed by atoms with E-state index in [-0.39, 0.29) is 5.56 Å². The topological polar surface area (TPSA) is 49.3 Å². The highest BCUT2D eigenvalue weighted by Gasteiger charge is 2.26. The Morgan fingerprint density at radius 3 is 2.25 bits per heavy atom. The SMILES string of the molecule is CC(N[S@](=O)C(C)(C)C)c1cccc(C(C)(C)O)c1F. The summed E-state index contributed by atoms with van der Waals surface area (Å²) >= 11 is 0. The fourth-order valence-corrected chi connectivity index (χ4v) is 2.56. The molecule has 0 radical (unpaired) electrons. The Balaban J connectivity index is 3.07. The minimum atomic E-state index is -1.28. The van der Waals surface area contributed by atoms with E-state index < -0.39 is 33.2 Å². The number of hydrogen-bond acceptors (Lipinski definition) is 2. The minimum absolute atomic E-state index is 0.241. The first-order valence-electron chi connectivity index (χ1n) is 6.64. The van der Waals surface area contributed by atoms with Gasteiger partial charge in [0.1, 0.15) is 5.82 Å². The molecule has 0 fully saturated rings. The van der Waals surface area contributed by atoms with Gasteiger partial charge < -0.3 is 5.11 Å². The Morgan fingerprint density at radius 2 is 1.80 bits per heavy atom. The van der Waals surface area contributed by atoms with Gasteiger partial charge in [-0.2, -0.15) is 0 Å². The van der Waals surface area contributed by atoms with E-state index in [1.165, 1.54) is 0 Å². The van der Waals surface area contributed by atoms with Crippen LogP contribution in [-0.2, 0) is 16.6 Å². The molecule has 0 heterocycles. The van der Waals surface area contributed by atoms with Crippen LogP contribution >= 0.6 is 0 Å². The van der Waals surface area contributed by atoms with Gasteiger partial charge in [-0.15, -0.1) is 0 Å². The molecule has 0 aliphatic carbocycles. The summed E-state index contributed by atoms with van der Waals surface area (Å²) in [6.45, 7) is 10.4. The van der Waals surface area contributed by atoms with E-state index in [2.05, 4.69) is 4.72 Å². The molecule has 0 bridgehead atoms. The van der Waals surface area contributed by atoms with Gasteiger partial charge in [-0.1, -0.05) is 18.2 Å². The molecule has 1 aromatic rings. The second-order valence-corrected chi connectivity index (χ2v) is 8.49. The van der Waals surface area contributed by atoms with Crippen LogP contribution in [0, 0.1) is 5.82 Å². The molecular weight excluding hydrogens is 277 g/mol. The molecule has 0 amide bonds.